The van der Waals surface area contributed by atoms with Gasteiger partial charge in [-0.15, -0.1) is 0 Å². The van der Waals surface area contributed by atoms with Crippen molar-refractivity contribution in [3.8, 4) is 11.5 Å². The molecule has 0 aliphatic rings. The molecule has 0 bridgehead atoms. The smallest absolute Gasteiger partial charge is 0.146 e. The number of ether oxygens (including phenoxy) is 1. The number of rotatable bonds is 3. The number of halogens is 3. The Balaban J connectivity index is 2.44. The van der Waals surface area contributed by atoms with Gasteiger partial charge >= 0.3 is 0 Å². The third kappa shape index (κ3) is 3.08. The standard InChI is InChI=1S/C15H13ClF2O2/c1-8-5-15(11(9(2)19)7-13(8)18)20-14-4-3-10(17)6-12(14)16/h3-7,9,19H,1-2H3/t9-/m1/s1. The highest BCUT2D eigenvalue weighted by atomic mass is 35.5. The van der Waals surface area contributed by atoms with Crippen molar-refractivity contribution in [1.29, 1.82) is 0 Å². The van der Waals surface area contributed by atoms with E-state index in [0.717, 1.165) is 6.07 Å². The lowest BCUT2D eigenvalue weighted by atomic mass is 10.1. The average Bonchev–Trinajstić information content (AvgIpc) is 2.36. The molecule has 1 N–H and O–H groups in total. The highest BCUT2D eigenvalue weighted by Crippen LogP contribution is 2.35. The summed E-state index contributed by atoms with van der Waals surface area (Å²) in [4.78, 5) is 0. The number of benzene rings is 2. The molecule has 2 nitrogen and oxygen atoms in total. The van der Waals surface area contributed by atoms with Gasteiger partial charge in [0.1, 0.15) is 23.1 Å². The summed E-state index contributed by atoms with van der Waals surface area (Å²) in [5.41, 5.74) is 0.677. The van der Waals surface area contributed by atoms with Crippen molar-refractivity contribution in [3.05, 3.63) is 58.1 Å². The fourth-order valence-corrected chi connectivity index (χ4v) is 1.97. The Hall–Kier alpha value is -1.65. The Morgan fingerprint density at radius 1 is 1.15 bits per heavy atom. The van der Waals surface area contributed by atoms with Gasteiger partial charge in [0.25, 0.3) is 0 Å². The van der Waals surface area contributed by atoms with E-state index in [2.05, 4.69) is 0 Å². The summed E-state index contributed by atoms with van der Waals surface area (Å²) < 4.78 is 32.1. The molecular formula is C15H13ClF2O2. The summed E-state index contributed by atoms with van der Waals surface area (Å²) in [7, 11) is 0. The average molecular weight is 299 g/mol. The predicted molar refractivity (Wildman–Crippen MR) is 73.3 cm³/mol. The van der Waals surface area contributed by atoms with Gasteiger partial charge in [0, 0.05) is 5.56 Å². The lowest BCUT2D eigenvalue weighted by molar-refractivity contribution is 0.195. The molecule has 2 aromatic rings. The topological polar surface area (TPSA) is 29.5 Å². The largest absolute Gasteiger partial charge is 0.455 e. The summed E-state index contributed by atoms with van der Waals surface area (Å²) in [5, 5.41) is 9.77. The van der Waals surface area contributed by atoms with Crippen molar-refractivity contribution in [2.45, 2.75) is 20.0 Å². The minimum Gasteiger partial charge on any atom is -0.455 e. The molecular weight excluding hydrogens is 286 g/mol. The predicted octanol–water partition coefficient (Wildman–Crippen LogP) is 4.77. The first-order chi connectivity index (χ1) is 9.38. The van der Waals surface area contributed by atoms with E-state index in [0.29, 0.717) is 11.1 Å². The second kappa shape index (κ2) is 5.77. The monoisotopic (exact) mass is 298 g/mol. The molecule has 0 radical (unpaired) electrons. The first kappa shape index (κ1) is 14.8. The van der Waals surface area contributed by atoms with E-state index in [1.807, 2.05) is 0 Å². The molecule has 106 valence electrons. The zero-order chi connectivity index (χ0) is 14.9. The van der Waals surface area contributed by atoms with Crippen LogP contribution in [-0.4, -0.2) is 5.11 Å². The normalized spacial score (nSPS) is 12.3. The van der Waals surface area contributed by atoms with Crippen LogP contribution in [0, 0.1) is 18.6 Å². The lowest BCUT2D eigenvalue weighted by Gasteiger charge is -2.15. The van der Waals surface area contributed by atoms with Gasteiger partial charge in [0.05, 0.1) is 11.1 Å². The molecule has 2 rings (SSSR count). The van der Waals surface area contributed by atoms with E-state index in [1.165, 1.54) is 31.2 Å². The molecule has 0 unspecified atom stereocenters. The molecule has 0 saturated carbocycles. The van der Waals surface area contributed by atoms with E-state index in [9.17, 15) is 13.9 Å². The van der Waals surface area contributed by atoms with Crippen molar-refractivity contribution in [1.82, 2.24) is 0 Å². The molecule has 0 aliphatic heterocycles. The van der Waals surface area contributed by atoms with Crippen LogP contribution in [0.15, 0.2) is 30.3 Å². The highest BCUT2D eigenvalue weighted by molar-refractivity contribution is 6.32. The highest BCUT2D eigenvalue weighted by Gasteiger charge is 2.15. The van der Waals surface area contributed by atoms with Crippen LogP contribution in [0.5, 0.6) is 11.5 Å². The van der Waals surface area contributed by atoms with E-state index in [-0.39, 0.29) is 16.5 Å². The number of hydrogen-bond donors (Lipinski definition) is 1. The van der Waals surface area contributed by atoms with Crippen molar-refractivity contribution >= 4 is 11.6 Å². The molecule has 0 saturated heterocycles. The summed E-state index contributed by atoms with van der Waals surface area (Å²) in [6.07, 6.45) is -0.903. The van der Waals surface area contributed by atoms with Crippen LogP contribution < -0.4 is 4.74 Å². The fraction of sp³-hybridized carbons (Fsp3) is 0.200. The zero-order valence-corrected chi connectivity index (χ0v) is 11.7. The van der Waals surface area contributed by atoms with Gasteiger partial charge in [0.15, 0.2) is 0 Å². The van der Waals surface area contributed by atoms with Crippen LogP contribution in [0.1, 0.15) is 24.2 Å². The molecule has 0 amide bonds. The summed E-state index contributed by atoms with van der Waals surface area (Å²) >= 11 is 5.88. The number of aryl methyl sites for hydroxylation is 1. The van der Waals surface area contributed by atoms with Crippen molar-refractivity contribution in [2.24, 2.45) is 0 Å². The van der Waals surface area contributed by atoms with Gasteiger partial charge in [-0.05, 0) is 49.7 Å². The van der Waals surface area contributed by atoms with Gasteiger partial charge in [0.2, 0.25) is 0 Å². The first-order valence-electron chi connectivity index (χ1n) is 5.99. The summed E-state index contributed by atoms with van der Waals surface area (Å²) in [6.45, 7) is 3.09. The fourth-order valence-electron chi connectivity index (χ4n) is 1.76. The molecule has 5 heteroatoms. The van der Waals surface area contributed by atoms with E-state index in [1.54, 1.807) is 6.92 Å². The molecule has 1 atom stereocenters. The molecule has 2 aromatic carbocycles. The molecule has 0 aromatic heterocycles. The van der Waals surface area contributed by atoms with Crippen molar-refractivity contribution < 1.29 is 18.6 Å². The Labute approximate surface area is 120 Å². The maximum Gasteiger partial charge on any atom is 0.146 e. The first-order valence-corrected chi connectivity index (χ1v) is 6.37. The van der Waals surface area contributed by atoms with Gasteiger partial charge in [-0.3, -0.25) is 0 Å². The van der Waals surface area contributed by atoms with Crippen molar-refractivity contribution in [3.63, 3.8) is 0 Å². The van der Waals surface area contributed by atoms with E-state index in [4.69, 9.17) is 16.3 Å². The van der Waals surface area contributed by atoms with Gasteiger partial charge in [-0.1, -0.05) is 11.6 Å². The Kier molecular flexibility index (Phi) is 4.26. The Bertz CT molecular complexity index is 642. The van der Waals surface area contributed by atoms with Gasteiger partial charge in [-0.2, -0.15) is 0 Å². The van der Waals surface area contributed by atoms with E-state index < -0.39 is 17.7 Å². The number of aliphatic hydroxyl groups excluding tert-OH is 1. The Morgan fingerprint density at radius 2 is 1.85 bits per heavy atom. The third-order valence-electron chi connectivity index (χ3n) is 2.85. The molecule has 0 fully saturated rings. The van der Waals surface area contributed by atoms with Crippen LogP contribution in [-0.2, 0) is 0 Å². The minimum absolute atomic E-state index is 0.100. The van der Waals surface area contributed by atoms with Crippen LogP contribution in [0.3, 0.4) is 0 Å². The lowest BCUT2D eigenvalue weighted by Crippen LogP contribution is -1.99. The molecule has 20 heavy (non-hydrogen) atoms. The third-order valence-corrected chi connectivity index (χ3v) is 3.15. The molecule has 0 aliphatic carbocycles. The van der Waals surface area contributed by atoms with Gasteiger partial charge < -0.3 is 9.84 Å². The van der Waals surface area contributed by atoms with Crippen LogP contribution in [0.25, 0.3) is 0 Å². The van der Waals surface area contributed by atoms with Crippen LogP contribution >= 0.6 is 11.6 Å². The number of hydrogen-bond acceptors (Lipinski definition) is 2. The van der Waals surface area contributed by atoms with Crippen molar-refractivity contribution in [2.75, 3.05) is 0 Å². The second-order valence-corrected chi connectivity index (χ2v) is 4.90. The second-order valence-electron chi connectivity index (χ2n) is 4.49. The SMILES string of the molecule is Cc1cc(Oc2ccc(F)cc2Cl)c([C@@H](C)O)cc1F. The summed E-state index contributed by atoms with van der Waals surface area (Å²) in [6, 6.07) is 6.39. The maximum atomic E-state index is 13.5. The quantitative estimate of drug-likeness (QED) is 0.884. The molecule has 0 heterocycles. The van der Waals surface area contributed by atoms with E-state index >= 15 is 0 Å². The maximum absolute atomic E-state index is 13.5. The zero-order valence-electron chi connectivity index (χ0n) is 11.0. The Morgan fingerprint density at radius 3 is 2.45 bits per heavy atom. The van der Waals surface area contributed by atoms with Gasteiger partial charge in [-0.25, -0.2) is 8.78 Å². The number of aliphatic hydroxyl groups is 1. The molecule has 0 spiro atoms. The van der Waals surface area contributed by atoms with Crippen LogP contribution in [0.2, 0.25) is 5.02 Å². The summed E-state index contributed by atoms with van der Waals surface area (Å²) in [5.74, 6) is -0.389. The van der Waals surface area contributed by atoms with Crippen LogP contribution in [0.4, 0.5) is 8.78 Å². The minimum atomic E-state index is -0.903.